The molecular weight excluding hydrogens is 370 g/mol. The van der Waals surface area contributed by atoms with Crippen LogP contribution in [0, 0.1) is 10.1 Å². The lowest BCUT2D eigenvalue weighted by Gasteiger charge is -2.12. The lowest BCUT2D eigenvalue weighted by Crippen LogP contribution is -1.93. The number of rotatable bonds is 4. The molecule has 0 saturated heterocycles. The predicted molar refractivity (Wildman–Crippen MR) is 114 cm³/mol. The van der Waals surface area contributed by atoms with Crippen LogP contribution in [0.2, 0.25) is 5.02 Å². The summed E-state index contributed by atoms with van der Waals surface area (Å²) in [4.78, 5) is 11.2. The smallest absolute Gasteiger partial charge is 0.258 e. The van der Waals surface area contributed by atoms with Crippen molar-refractivity contribution in [2.24, 2.45) is 0 Å². The molecule has 4 aromatic rings. The van der Waals surface area contributed by atoms with Gasteiger partial charge in [-0.05, 0) is 58.1 Å². The van der Waals surface area contributed by atoms with Crippen molar-refractivity contribution in [3.05, 3.63) is 112 Å². The monoisotopic (exact) mass is 385 g/mol. The minimum Gasteiger partial charge on any atom is -0.258 e. The van der Waals surface area contributed by atoms with E-state index in [1.807, 2.05) is 72.8 Å². The summed E-state index contributed by atoms with van der Waals surface area (Å²) in [6, 6.07) is 30.7. The molecule has 0 heterocycles. The van der Waals surface area contributed by atoms with E-state index in [9.17, 15) is 10.1 Å². The molecule has 0 spiro atoms. The molecular formula is C24H16ClNO2. The second kappa shape index (κ2) is 7.67. The van der Waals surface area contributed by atoms with E-state index in [0.29, 0.717) is 10.6 Å². The summed E-state index contributed by atoms with van der Waals surface area (Å²) in [6.07, 6.45) is 0. The molecule has 0 aromatic heterocycles. The van der Waals surface area contributed by atoms with E-state index in [0.717, 1.165) is 27.8 Å². The van der Waals surface area contributed by atoms with Crippen molar-refractivity contribution in [2.45, 2.75) is 0 Å². The van der Waals surface area contributed by atoms with Gasteiger partial charge in [-0.25, -0.2) is 0 Å². The Kier molecular flexibility index (Phi) is 4.92. The standard InChI is InChI=1S/C24H16ClNO2/c25-22-11-12-24(26(27)28)23(16-22)21-14-19(17-7-3-1-4-8-17)13-20(15-21)18-9-5-2-6-10-18/h1-16H. The summed E-state index contributed by atoms with van der Waals surface area (Å²) in [5.41, 5.74) is 5.38. The Morgan fingerprint density at radius 3 is 1.61 bits per heavy atom. The van der Waals surface area contributed by atoms with Gasteiger partial charge in [0, 0.05) is 11.1 Å². The van der Waals surface area contributed by atoms with Gasteiger partial charge in [0.1, 0.15) is 0 Å². The Morgan fingerprint density at radius 1 is 0.607 bits per heavy atom. The van der Waals surface area contributed by atoms with Gasteiger partial charge in [0.15, 0.2) is 0 Å². The molecule has 0 aliphatic carbocycles. The molecule has 0 aliphatic heterocycles. The van der Waals surface area contributed by atoms with Crippen molar-refractivity contribution >= 4 is 17.3 Å². The van der Waals surface area contributed by atoms with E-state index in [1.165, 1.54) is 6.07 Å². The van der Waals surface area contributed by atoms with Crippen molar-refractivity contribution in [3.8, 4) is 33.4 Å². The van der Waals surface area contributed by atoms with E-state index in [4.69, 9.17) is 11.6 Å². The highest BCUT2D eigenvalue weighted by Gasteiger charge is 2.17. The minimum atomic E-state index is -0.372. The Hall–Kier alpha value is -3.43. The number of benzene rings is 4. The third-order valence-corrected chi connectivity index (χ3v) is 4.85. The van der Waals surface area contributed by atoms with Gasteiger partial charge < -0.3 is 0 Å². The highest BCUT2D eigenvalue weighted by molar-refractivity contribution is 6.31. The average molecular weight is 386 g/mol. The summed E-state index contributed by atoms with van der Waals surface area (Å²) in [7, 11) is 0. The Balaban J connectivity index is 1.98. The van der Waals surface area contributed by atoms with Gasteiger partial charge in [0.2, 0.25) is 0 Å². The maximum atomic E-state index is 11.6. The highest BCUT2D eigenvalue weighted by atomic mass is 35.5. The Bertz CT molecular complexity index is 1080. The maximum absolute atomic E-state index is 11.6. The van der Waals surface area contributed by atoms with Gasteiger partial charge in [-0.15, -0.1) is 0 Å². The molecule has 0 saturated carbocycles. The second-order valence-corrected chi connectivity index (χ2v) is 6.89. The number of hydrogen-bond donors (Lipinski definition) is 0. The summed E-state index contributed by atoms with van der Waals surface area (Å²) >= 11 is 6.16. The van der Waals surface area contributed by atoms with Gasteiger partial charge in [-0.1, -0.05) is 72.3 Å². The van der Waals surface area contributed by atoms with Crippen LogP contribution in [0.3, 0.4) is 0 Å². The lowest BCUT2D eigenvalue weighted by atomic mass is 9.93. The van der Waals surface area contributed by atoms with Gasteiger partial charge in [-0.2, -0.15) is 0 Å². The lowest BCUT2D eigenvalue weighted by molar-refractivity contribution is -0.384. The molecule has 4 rings (SSSR count). The fraction of sp³-hybridized carbons (Fsp3) is 0. The first-order chi connectivity index (χ1) is 13.6. The first-order valence-corrected chi connectivity index (χ1v) is 9.20. The van der Waals surface area contributed by atoms with Crippen LogP contribution in [0.25, 0.3) is 33.4 Å². The van der Waals surface area contributed by atoms with Gasteiger partial charge in [0.05, 0.1) is 10.5 Å². The third-order valence-electron chi connectivity index (χ3n) is 4.61. The molecule has 0 bridgehead atoms. The van der Waals surface area contributed by atoms with Crippen LogP contribution in [0.5, 0.6) is 0 Å². The van der Waals surface area contributed by atoms with E-state index >= 15 is 0 Å². The molecule has 0 aliphatic rings. The van der Waals surface area contributed by atoms with E-state index in [-0.39, 0.29) is 10.6 Å². The van der Waals surface area contributed by atoms with Crippen LogP contribution in [0.1, 0.15) is 0 Å². The van der Waals surface area contributed by atoms with Crippen molar-refractivity contribution in [1.82, 2.24) is 0 Å². The van der Waals surface area contributed by atoms with Crippen molar-refractivity contribution in [3.63, 3.8) is 0 Å². The van der Waals surface area contributed by atoms with E-state index < -0.39 is 0 Å². The summed E-state index contributed by atoms with van der Waals surface area (Å²) in [5.74, 6) is 0. The van der Waals surface area contributed by atoms with Crippen LogP contribution in [-0.2, 0) is 0 Å². The van der Waals surface area contributed by atoms with Gasteiger partial charge >= 0.3 is 0 Å². The summed E-state index contributed by atoms with van der Waals surface area (Å²) in [5, 5.41) is 12.0. The zero-order valence-corrected chi connectivity index (χ0v) is 15.6. The Labute approximate surface area is 168 Å². The van der Waals surface area contributed by atoms with E-state index in [2.05, 4.69) is 6.07 Å². The number of hydrogen-bond acceptors (Lipinski definition) is 2. The molecule has 4 heteroatoms. The van der Waals surface area contributed by atoms with Crippen LogP contribution >= 0.6 is 11.6 Å². The van der Waals surface area contributed by atoms with Gasteiger partial charge in [-0.3, -0.25) is 10.1 Å². The zero-order chi connectivity index (χ0) is 19.5. The summed E-state index contributed by atoms with van der Waals surface area (Å²) < 4.78 is 0. The fourth-order valence-corrected chi connectivity index (χ4v) is 3.45. The highest BCUT2D eigenvalue weighted by Crippen LogP contribution is 2.37. The van der Waals surface area contributed by atoms with Crippen LogP contribution in [0.4, 0.5) is 5.69 Å². The number of nitrogens with zero attached hydrogens (tertiary/aromatic N) is 1. The topological polar surface area (TPSA) is 43.1 Å². The van der Waals surface area contributed by atoms with Crippen molar-refractivity contribution in [1.29, 1.82) is 0 Å². The Morgan fingerprint density at radius 2 is 1.11 bits per heavy atom. The SMILES string of the molecule is O=[N+]([O-])c1ccc(Cl)cc1-c1cc(-c2ccccc2)cc(-c2ccccc2)c1. The molecule has 0 N–H and O–H groups in total. The number of halogens is 1. The van der Waals surface area contributed by atoms with Crippen LogP contribution in [-0.4, -0.2) is 4.92 Å². The van der Waals surface area contributed by atoms with E-state index in [1.54, 1.807) is 12.1 Å². The molecule has 0 radical (unpaired) electrons. The molecule has 4 aromatic carbocycles. The first kappa shape index (κ1) is 18.0. The third kappa shape index (κ3) is 3.66. The minimum absolute atomic E-state index is 0.0358. The normalized spacial score (nSPS) is 10.6. The maximum Gasteiger partial charge on any atom is 0.277 e. The molecule has 3 nitrogen and oxygen atoms in total. The molecule has 0 amide bonds. The van der Waals surface area contributed by atoms with Crippen molar-refractivity contribution < 1.29 is 4.92 Å². The van der Waals surface area contributed by atoms with Gasteiger partial charge in [0.25, 0.3) is 5.69 Å². The number of nitro benzene ring substituents is 1. The summed E-state index contributed by atoms with van der Waals surface area (Å²) in [6.45, 7) is 0. The predicted octanol–water partition coefficient (Wildman–Crippen LogP) is 7.25. The van der Waals surface area contributed by atoms with Crippen LogP contribution in [0.15, 0.2) is 97.1 Å². The van der Waals surface area contributed by atoms with Crippen LogP contribution < -0.4 is 0 Å². The van der Waals surface area contributed by atoms with Crippen molar-refractivity contribution in [2.75, 3.05) is 0 Å². The zero-order valence-electron chi connectivity index (χ0n) is 14.9. The largest absolute Gasteiger partial charge is 0.277 e. The molecule has 0 unspecified atom stereocenters. The molecule has 28 heavy (non-hydrogen) atoms. The molecule has 0 atom stereocenters. The average Bonchev–Trinajstić information content (AvgIpc) is 2.74. The fourth-order valence-electron chi connectivity index (χ4n) is 3.28. The quantitative estimate of drug-likeness (QED) is 0.274. The molecule has 136 valence electrons. The number of nitro groups is 1. The molecule has 0 fully saturated rings. The first-order valence-electron chi connectivity index (χ1n) is 8.82. The second-order valence-electron chi connectivity index (χ2n) is 6.45.